The van der Waals surface area contributed by atoms with Gasteiger partial charge in [-0.1, -0.05) is 0 Å². The molecule has 0 saturated heterocycles. The Hall–Kier alpha value is -1.04. The Morgan fingerprint density at radius 3 is 1.44 bits per heavy atom. The van der Waals surface area contributed by atoms with Crippen LogP contribution in [-0.4, -0.2) is 43.5 Å². The second kappa shape index (κ2) is 9.44. The molecule has 0 fully saturated rings. The van der Waals surface area contributed by atoms with Crippen molar-refractivity contribution in [3.8, 4) is 0 Å². The molecule has 0 atom stereocenters. The standard InChI is InChI=1S/C20H28O4.2CH3.Sn/c1-7-11-15-13(5)14(6)16(12-8-2)18(20(22)24-10-4)17(15)19(21)23-9-3;;;/h5-12H2,1-4H3;2*1H3;. The number of ether oxygens (including phenoxy) is 2. The van der Waals surface area contributed by atoms with Gasteiger partial charge in [-0.2, -0.15) is 0 Å². The van der Waals surface area contributed by atoms with Crippen molar-refractivity contribution in [1.29, 1.82) is 0 Å². The summed E-state index contributed by atoms with van der Waals surface area (Å²) >= 11 is -2.22. The van der Waals surface area contributed by atoms with Crippen molar-refractivity contribution in [3.63, 3.8) is 0 Å². The summed E-state index contributed by atoms with van der Waals surface area (Å²) in [5.74, 6) is -0.742. The van der Waals surface area contributed by atoms with Crippen LogP contribution >= 0.6 is 0 Å². The molecule has 2 rings (SSSR count). The number of fused-ring (bicyclic) bond motifs is 1. The van der Waals surface area contributed by atoms with Crippen LogP contribution < -0.4 is 0 Å². The van der Waals surface area contributed by atoms with Crippen molar-refractivity contribution in [2.24, 2.45) is 0 Å². The summed E-state index contributed by atoms with van der Waals surface area (Å²) in [5, 5.41) is 0. The van der Waals surface area contributed by atoms with Gasteiger partial charge in [0.15, 0.2) is 0 Å². The van der Waals surface area contributed by atoms with Crippen LogP contribution in [0.2, 0.25) is 9.88 Å². The Bertz CT molecular complexity index is 663. The number of hydrogen-bond donors (Lipinski definition) is 0. The van der Waals surface area contributed by atoms with Crippen LogP contribution in [-0.2, 0) is 31.2 Å². The van der Waals surface area contributed by atoms with Crippen molar-refractivity contribution in [2.75, 3.05) is 13.2 Å². The molecule has 0 bridgehead atoms. The molecular weight excluding hydrogens is 447 g/mol. The predicted molar refractivity (Wildman–Crippen MR) is 111 cm³/mol. The van der Waals surface area contributed by atoms with E-state index in [9.17, 15) is 9.59 Å². The Balaban J connectivity index is 2.87. The minimum absolute atomic E-state index is 0.303. The van der Waals surface area contributed by atoms with E-state index >= 15 is 0 Å². The van der Waals surface area contributed by atoms with Gasteiger partial charge in [0, 0.05) is 0 Å². The summed E-state index contributed by atoms with van der Waals surface area (Å²) in [6.45, 7) is 8.46. The molecule has 150 valence electrons. The van der Waals surface area contributed by atoms with E-state index in [1.807, 2.05) is 0 Å². The second-order valence-electron chi connectivity index (χ2n) is 8.12. The molecule has 4 nitrogen and oxygen atoms in total. The molecule has 0 radical (unpaired) electrons. The van der Waals surface area contributed by atoms with Crippen molar-refractivity contribution in [3.05, 3.63) is 33.4 Å². The molecule has 1 aromatic rings. The number of benzene rings is 1. The minimum atomic E-state index is -2.22. The molecule has 1 aromatic carbocycles. The van der Waals surface area contributed by atoms with E-state index < -0.39 is 18.4 Å². The first-order valence-electron chi connectivity index (χ1n) is 10.3. The third-order valence-electron chi connectivity index (χ3n) is 5.22. The fourth-order valence-corrected chi connectivity index (χ4v) is 12.6. The molecule has 27 heavy (non-hydrogen) atoms. The van der Waals surface area contributed by atoms with E-state index in [0.717, 1.165) is 45.7 Å². The Kier molecular flexibility index (Phi) is 7.78. The first kappa shape index (κ1) is 22.2. The van der Waals surface area contributed by atoms with Crippen molar-refractivity contribution >= 4 is 30.3 Å². The van der Waals surface area contributed by atoms with Crippen molar-refractivity contribution in [2.45, 2.75) is 72.1 Å². The number of hydrogen-bond acceptors (Lipinski definition) is 4. The topological polar surface area (TPSA) is 52.6 Å². The molecule has 0 aromatic heterocycles. The monoisotopic (exact) mass is 482 g/mol. The maximum atomic E-state index is 13.0. The fourth-order valence-electron chi connectivity index (χ4n) is 4.32. The van der Waals surface area contributed by atoms with E-state index in [2.05, 4.69) is 23.7 Å². The fraction of sp³-hybridized carbons (Fsp3) is 0.636. The average molecular weight is 481 g/mol. The third-order valence-corrected chi connectivity index (χ3v) is 12.7. The number of carbonyl (C=O) groups excluding carboxylic acids is 2. The van der Waals surface area contributed by atoms with E-state index in [-0.39, 0.29) is 11.9 Å². The molecule has 1 aliphatic rings. The molecule has 0 amide bonds. The van der Waals surface area contributed by atoms with Crippen molar-refractivity contribution < 1.29 is 19.1 Å². The Morgan fingerprint density at radius 1 is 0.778 bits per heavy atom. The maximum absolute atomic E-state index is 13.0. The van der Waals surface area contributed by atoms with Gasteiger partial charge in [-0.3, -0.25) is 0 Å². The van der Waals surface area contributed by atoms with Gasteiger partial charge in [0.2, 0.25) is 0 Å². The van der Waals surface area contributed by atoms with E-state index in [0.29, 0.717) is 24.3 Å². The molecular formula is C22H34O4Sn. The van der Waals surface area contributed by atoms with Gasteiger partial charge >= 0.3 is 168 Å². The summed E-state index contributed by atoms with van der Waals surface area (Å²) in [4.78, 5) is 30.9. The second-order valence-corrected chi connectivity index (χ2v) is 22.5. The van der Waals surface area contributed by atoms with Gasteiger partial charge in [0.1, 0.15) is 0 Å². The van der Waals surface area contributed by atoms with Gasteiger partial charge in [-0.05, 0) is 0 Å². The summed E-state index contributed by atoms with van der Waals surface area (Å²) < 4.78 is 13.1. The van der Waals surface area contributed by atoms with E-state index in [1.54, 1.807) is 13.8 Å². The summed E-state index contributed by atoms with van der Waals surface area (Å²) in [5.41, 5.74) is 5.80. The van der Waals surface area contributed by atoms with Gasteiger partial charge in [0.05, 0.1) is 0 Å². The third kappa shape index (κ3) is 4.69. The average Bonchev–Trinajstić information content (AvgIpc) is 2.92. The molecule has 0 aliphatic carbocycles. The van der Waals surface area contributed by atoms with Crippen LogP contribution in [0.1, 0.15) is 83.5 Å². The van der Waals surface area contributed by atoms with Crippen LogP contribution in [0.4, 0.5) is 0 Å². The van der Waals surface area contributed by atoms with E-state index in [4.69, 9.17) is 9.47 Å². The van der Waals surface area contributed by atoms with Crippen LogP contribution in [0, 0.1) is 0 Å². The first-order chi connectivity index (χ1) is 12.8. The first-order valence-corrected chi connectivity index (χ1v) is 20.1. The van der Waals surface area contributed by atoms with Crippen LogP contribution in [0.3, 0.4) is 0 Å². The van der Waals surface area contributed by atoms with E-state index in [1.165, 1.54) is 11.1 Å². The summed E-state index contributed by atoms with van der Waals surface area (Å²) in [6, 6.07) is 0. The molecule has 1 heterocycles. The summed E-state index contributed by atoms with van der Waals surface area (Å²) in [7, 11) is 0. The Labute approximate surface area is 167 Å². The van der Waals surface area contributed by atoms with Gasteiger partial charge in [0.25, 0.3) is 0 Å². The zero-order valence-electron chi connectivity index (χ0n) is 17.8. The number of rotatable bonds is 8. The van der Waals surface area contributed by atoms with Gasteiger partial charge in [-0.25, -0.2) is 0 Å². The Morgan fingerprint density at radius 2 is 1.15 bits per heavy atom. The molecule has 0 N–H and O–H groups in total. The van der Waals surface area contributed by atoms with Crippen LogP contribution in [0.15, 0.2) is 0 Å². The van der Waals surface area contributed by atoms with Crippen LogP contribution in [0.25, 0.3) is 0 Å². The van der Waals surface area contributed by atoms with Crippen molar-refractivity contribution in [1.82, 2.24) is 0 Å². The van der Waals surface area contributed by atoms with Gasteiger partial charge < -0.3 is 0 Å². The molecule has 0 spiro atoms. The molecule has 1 aliphatic heterocycles. The quantitative estimate of drug-likeness (QED) is 0.395. The van der Waals surface area contributed by atoms with Crippen LogP contribution in [0.5, 0.6) is 0 Å². The predicted octanol–water partition coefficient (Wildman–Crippen LogP) is 4.83. The molecule has 0 saturated carbocycles. The number of carbonyl (C=O) groups is 2. The molecule has 5 heteroatoms. The molecule has 0 unspecified atom stereocenters. The zero-order valence-corrected chi connectivity index (χ0v) is 20.6. The SMILES string of the molecule is CCCc1c2c(c(CCC)c(C(=O)OCC)c1C(=O)OCC)[CH2][Sn]([CH3])([CH3])[CH2]2. The zero-order chi connectivity index (χ0) is 20.2. The normalized spacial score (nSPS) is 14.7. The summed E-state index contributed by atoms with van der Waals surface area (Å²) in [6.07, 6.45) is 3.48. The van der Waals surface area contributed by atoms with Gasteiger partial charge in [-0.15, -0.1) is 0 Å². The number of esters is 2.